The summed E-state index contributed by atoms with van der Waals surface area (Å²) in [4.78, 5) is 16.5. The lowest BCUT2D eigenvalue weighted by atomic mass is 10.2. The van der Waals surface area contributed by atoms with Crippen LogP contribution in [0.3, 0.4) is 0 Å². The van der Waals surface area contributed by atoms with Gasteiger partial charge in [0.25, 0.3) is 5.91 Å². The van der Waals surface area contributed by atoms with Gasteiger partial charge in [0, 0.05) is 42.8 Å². The Hall–Kier alpha value is -1.13. The van der Waals surface area contributed by atoms with E-state index in [9.17, 15) is 4.79 Å². The third kappa shape index (κ3) is 3.21. The quantitative estimate of drug-likeness (QED) is 0.801. The van der Waals surface area contributed by atoms with Crippen molar-refractivity contribution in [2.24, 2.45) is 0 Å². The average Bonchev–Trinajstić information content (AvgIpc) is 2.39. The van der Waals surface area contributed by atoms with Crippen molar-refractivity contribution in [3.05, 3.63) is 47.0 Å². The Bertz CT molecular complexity index is 439. The van der Waals surface area contributed by atoms with E-state index in [-0.39, 0.29) is 5.91 Å². The van der Waals surface area contributed by atoms with Crippen LogP contribution in [0.2, 0.25) is 0 Å². The zero-order valence-electron chi connectivity index (χ0n) is 10.3. The molecule has 1 amide bonds. The standard InChI is InChI=1S/C14H17BrN2O/c1-2-6-16-7-9-17(10-8-16)14(18)12-4-3-5-13(15)11-12/h2-5,11H,1,6-10H2. The van der Waals surface area contributed by atoms with Crippen LogP contribution in [-0.4, -0.2) is 48.4 Å². The molecule has 1 aliphatic heterocycles. The van der Waals surface area contributed by atoms with Crippen molar-refractivity contribution in [3.8, 4) is 0 Å². The van der Waals surface area contributed by atoms with Crippen LogP contribution in [0, 0.1) is 0 Å². The maximum atomic E-state index is 12.3. The molecule has 0 spiro atoms. The van der Waals surface area contributed by atoms with Crippen molar-refractivity contribution in [3.63, 3.8) is 0 Å². The first-order chi connectivity index (χ1) is 8.70. The second-order valence-corrected chi connectivity index (χ2v) is 5.31. The van der Waals surface area contributed by atoms with Crippen molar-refractivity contribution in [1.29, 1.82) is 0 Å². The molecular weight excluding hydrogens is 292 g/mol. The minimum absolute atomic E-state index is 0.120. The number of carbonyl (C=O) groups is 1. The van der Waals surface area contributed by atoms with E-state index in [1.807, 2.05) is 35.2 Å². The molecular formula is C14H17BrN2O. The van der Waals surface area contributed by atoms with E-state index in [4.69, 9.17) is 0 Å². The average molecular weight is 309 g/mol. The fourth-order valence-corrected chi connectivity index (χ4v) is 2.52. The molecule has 2 rings (SSSR count). The van der Waals surface area contributed by atoms with Crippen LogP contribution in [0.25, 0.3) is 0 Å². The summed E-state index contributed by atoms with van der Waals surface area (Å²) in [6, 6.07) is 7.56. The predicted octanol–water partition coefficient (Wildman–Crippen LogP) is 2.39. The Morgan fingerprint density at radius 2 is 2.06 bits per heavy atom. The van der Waals surface area contributed by atoms with Crippen molar-refractivity contribution in [2.45, 2.75) is 0 Å². The van der Waals surface area contributed by atoms with Crippen LogP contribution in [-0.2, 0) is 0 Å². The molecule has 1 aliphatic rings. The van der Waals surface area contributed by atoms with Crippen LogP contribution in [0.15, 0.2) is 41.4 Å². The predicted molar refractivity (Wildman–Crippen MR) is 76.7 cm³/mol. The highest BCUT2D eigenvalue weighted by atomic mass is 79.9. The fourth-order valence-electron chi connectivity index (χ4n) is 2.12. The van der Waals surface area contributed by atoms with Gasteiger partial charge in [-0.15, -0.1) is 6.58 Å². The molecule has 0 radical (unpaired) electrons. The molecule has 1 aromatic rings. The van der Waals surface area contributed by atoms with E-state index in [0.29, 0.717) is 0 Å². The minimum atomic E-state index is 0.120. The molecule has 0 aromatic heterocycles. The molecule has 0 N–H and O–H groups in total. The largest absolute Gasteiger partial charge is 0.336 e. The van der Waals surface area contributed by atoms with Gasteiger partial charge in [0.05, 0.1) is 0 Å². The SMILES string of the molecule is C=CCN1CCN(C(=O)c2cccc(Br)c2)CC1. The Labute approximate surface area is 116 Å². The summed E-state index contributed by atoms with van der Waals surface area (Å²) in [5.41, 5.74) is 0.751. The van der Waals surface area contributed by atoms with Gasteiger partial charge in [0.1, 0.15) is 0 Å². The van der Waals surface area contributed by atoms with Crippen molar-refractivity contribution >= 4 is 21.8 Å². The molecule has 0 aliphatic carbocycles. The van der Waals surface area contributed by atoms with Crippen LogP contribution in [0.5, 0.6) is 0 Å². The van der Waals surface area contributed by atoms with Gasteiger partial charge in [0.15, 0.2) is 0 Å². The zero-order valence-corrected chi connectivity index (χ0v) is 11.9. The second-order valence-electron chi connectivity index (χ2n) is 4.39. The minimum Gasteiger partial charge on any atom is -0.336 e. The molecule has 0 atom stereocenters. The number of rotatable bonds is 3. The topological polar surface area (TPSA) is 23.6 Å². The smallest absolute Gasteiger partial charge is 0.253 e. The van der Waals surface area contributed by atoms with Crippen LogP contribution >= 0.6 is 15.9 Å². The number of carbonyl (C=O) groups excluding carboxylic acids is 1. The Morgan fingerprint density at radius 3 is 2.67 bits per heavy atom. The first-order valence-electron chi connectivity index (χ1n) is 6.09. The van der Waals surface area contributed by atoms with Crippen molar-refractivity contribution < 1.29 is 4.79 Å². The number of halogens is 1. The number of piperazine rings is 1. The maximum Gasteiger partial charge on any atom is 0.253 e. The number of nitrogens with zero attached hydrogens (tertiary/aromatic N) is 2. The molecule has 3 nitrogen and oxygen atoms in total. The third-order valence-corrected chi connectivity index (χ3v) is 3.61. The Balaban J connectivity index is 1.97. The summed E-state index contributed by atoms with van der Waals surface area (Å²) in [5, 5.41) is 0. The van der Waals surface area contributed by atoms with Crippen molar-refractivity contribution in [2.75, 3.05) is 32.7 Å². The molecule has 1 fully saturated rings. The third-order valence-electron chi connectivity index (χ3n) is 3.12. The van der Waals surface area contributed by atoms with Crippen LogP contribution in [0.1, 0.15) is 10.4 Å². The van der Waals surface area contributed by atoms with Gasteiger partial charge in [-0.1, -0.05) is 28.1 Å². The summed E-state index contributed by atoms with van der Waals surface area (Å²) in [7, 11) is 0. The Kier molecular flexibility index (Phi) is 4.55. The fraction of sp³-hybridized carbons (Fsp3) is 0.357. The van der Waals surface area contributed by atoms with E-state index >= 15 is 0 Å². The molecule has 96 valence electrons. The molecule has 0 saturated carbocycles. The van der Waals surface area contributed by atoms with Gasteiger partial charge in [-0.2, -0.15) is 0 Å². The lowest BCUT2D eigenvalue weighted by Gasteiger charge is -2.34. The first-order valence-corrected chi connectivity index (χ1v) is 6.88. The van der Waals surface area contributed by atoms with E-state index in [2.05, 4.69) is 27.4 Å². The van der Waals surface area contributed by atoms with Gasteiger partial charge in [0.2, 0.25) is 0 Å². The van der Waals surface area contributed by atoms with Crippen LogP contribution < -0.4 is 0 Å². The van der Waals surface area contributed by atoms with Gasteiger partial charge in [-0.3, -0.25) is 9.69 Å². The molecule has 4 heteroatoms. The lowest BCUT2D eigenvalue weighted by Crippen LogP contribution is -2.48. The van der Waals surface area contributed by atoms with Gasteiger partial charge < -0.3 is 4.90 Å². The second kappa shape index (κ2) is 6.16. The molecule has 18 heavy (non-hydrogen) atoms. The van der Waals surface area contributed by atoms with E-state index in [1.54, 1.807) is 0 Å². The lowest BCUT2D eigenvalue weighted by molar-refractivity contribution is 0.0650. The molecule has 0 unspecified atom stereocenters. The normalized spacial score (nSPS) is 16.6. The monoisotopic (exact) mass is 308 g/mol. The highest BCUT2D eigenvalue weighted by Gasteiger charge is 2.21. The summed E-state index contributed by atoms with van der Waals surface area (Å²) in [5.74, 6) is 0.120. The molecule has 1 heterocycles. The maximum absolute atomic E-state index is 12.3. The summed E-state index contributed by atoms with van der Waals surface area (Å²) >= 11 is 3.39. The number of amides is 1. The number of hydrogen-bond acceptors (Lipinski definition) is 2. The number of benzene rings is 1. The molecule has 1 saturated heterocycles. The van der Waals surface area contributed by atoms with E-state index < -0.39 is 0 Å². The highest BCUT2D eigenvalue weighted by molar-refractivity contribution is 9.10. The summed E-state index contributed by atoms with van der Waals surface area (Å²) in [6.45, 7) is 8.07. The van der Waals surface area contributed by atoms with Gasteiger partial charge >= 0.3 is 0 Å². The zero-order chi connectivity index (χ0) is 13.0. The summed E-state index contributed by atoms with van der Waals surface area (Å²) in [6.07, 6.45) is 1.91. The van der Waals surface area contributed by atoms with E-state index in [0.717, 1.165) is 42.8 Å². The molecule has 0 bridgehead atoms. The van der Waals surface area contributed by atoms with Gasteiger partial charge in [-0.05, 0) is 18.2 Å². The number of hydrogen-bond donors (Lipinski definition) is 0. The van der Waals surface area contributed by atoms with Crippen molar-refractivity contribution in [1.82, 2.24) is 9.80 Å². The summed E-state index contributed by atoms with van der Waals surface area (Å²) < 4.78 is 0.943. The van der Waals surface area contributed by atoms with E-state index in [1.165, 1.54) is 0 Å². The highest BCUT2D eigenvalue weighted by Crippen LogP contribution is 2.14. The van der Waals surface area contributed by atoms with Crippen LogP contribution in [0.4, 0.5) is 0 Å². The molecule has 1 aromatic carbocycles. The van der Waals surface area contributed by atoms with Gasteiger partial charge in [-0.25, -0.2) is 0 Å². The first kappa shape index (κ1) is 13.3. The Morgan fingerprint density at radius 1 is 1.33 bits per heavy atom.